The summed E-state index contributed by atoms with van der Waals surface area (Å²) >= 11 is 1.35. The summed E-state index contributed by atoms with van der Waals surface area (Å²) in [7, 11) is 3.40. The molecule has 0 radical (unpaired) electrons. The van der Waals surface area contributed by atoms with Crippen molar-refractivity contribution >= 4 is 45.2 Å². The summed E-state index contributed by atoms with van der Waals surface area (Å²) in [5, 5.41) is 23.1. The molecule has 4 aromatic rings. The lowest BCUT2D eigenvalue weighted by Crippen LogP contribution is -2.19. The van der Waals surface area contributed by atoms with Crippen LogP contribution in [-0.4, -0.2) is 34.8 Å². The van der Waals surface area contributed by atoms with Crippen LogP contribution in [-0.2, 0) is 6.54 Å². The number of thiophene rings is 1. The molecule has 0 aliphatic carbocycles. The molecule has 2 aromatic carbocycles. The van der Waals surface area contributed by atoms with Crippen LogP contribution in [0.25, 0.3) is 10.9 Å². The maximum atomic E-state index is 13.0. The number of hydrogen-bond acceptors (Lipinski definition) is 8. The maximum absolute atomic E-state index is 13.0. The van der Waals surface area contributed by atoms with Crippen molar-refractivity contribution in [3.8, 4) is 0 Å². The Hall–Kier alpha value is -4.44. The van der Waals surface area contributed by atoms with E-state index in [4.69, 9.17) is 0 Å². The predicted molar refractivity (Wildman–Crippen MR) is 140 cm³/mol. The van der Waals surface area contributed by atoms with Gasteiger partial charge in [-0.15, -0.1) is 11.3 Å². The Bertz CT molecular complexity index is 1390. The largest absolute Gasteiger partial charge is 0.380 e. The zero-order chi connectivity index (χ0) is 24.8. The van der Waals surface area contributed by atoms with E-state index in [2.05, 4.69) is 20.9 Å². The van der Waals surface area contributed by atoms with E-state index in [1.54, 1.807) is 49.5 Å². The molecule has 3 N–H and O–H groups in total. The number of carbonyl (C=O) groups is 1. The molecule has 1 amide bonds. The van der Waals surface area contributed by atoms with E-state index in [0.29, 0.717) is 28.6 Å². The zero-order valence-electron chi connectivity index (χ0n) is 19.2. The second-order valence-corrected chi connectivity index (χ2v) is 8.77. The predicted octanol–water partition coefficient (Wildman–Crippen LogP) is 5.21. The van der Waals surface area contributed by atoms with Gasteiger partial charge in [0.2, 0.25) is 0 Å². The fraction of sp³-hybridized carbons (Fsp3) is 0.120. The van der Waals surface area contributed by atoms with Crippen LogP contribution in [0.15, 0.2) is 84.3 Å². The maximum Gasteiger partial charge on any atom is 0.274 e. The number of nitrogens with one attached hydrogen (secondary N) is 3. The molecule has 2 heterocycles. The number of amides is 1. The minimum absolute atomic E-state index is 0.243. The minimum Gasteiger partial charge on any atom is -0.380 e. The van der Waals surface area contributed by atoms with E-state index >= 15 is 0 Å². The molecule has 9 nitrogen and oxygen atoms in total. The number of nitrogens with zero attached hydrogens (tertiary/aromatic N) is 3. The SMILES string of the molecule is CN(C)/C(=C\[N+](=O)[O-])Nc1cccc(NC(=O)c2sccc2NCc2ccnc3ccccc23)c1. The molecule has 10 heteroatoms. The average Bonchev–Trinajstić information content (AvgIpc) is 3.31. The van der Waals surface area contributed by atoms with Gasteiger partial charge in [-0.05, 0) is 47.3 Å². The number of fused-ring (bicyclic) bond motifs is 1. The first kappa shape index (κ1) is 23.7. The lowest BCUT2D eigenvalue weighted by Gasteiger charge is -2.17. The lowest BCUT2D eigenvalue weighted by atomic mass is 10.1. The summed E-state index contributed by atoms with van der Waals surface area (Å²) in [5.41, 5.74) is 3.93. The molecule has 0 aliphatic heterocycles. The van der Waals surface area contributed by atoms with E-state index in [9.17, 15) is 14.9 Å². The smallest absolute Gasteiger partial charge is 0.274 e. The van der Waals surface area contributed by atoms with Gasteiger partial charge in [-0.2, -0.15) is 0 Å². The molecular weight excluding hydrogens is 464 g/mol. The highest BCUT2D eigenvalue weighted by atomic mass is 32.1. The monoisotopic (exact) mass is 488 g/mol. The van der Waals surface area contributed by atoms with Crippen LogP contribution in [0.1, 0.15) is 15.2 Å². The third-order valence-electron chi connectivity index (χ3n) is 5.18. The van der Waals surface area contributed by atoms with E-state index in [1.165, 1.54) is 11.3 Å². The molecule has 2 aromatic heterocycles. The van der Waals surface area contributed by atoms with Crippen molar-refractivity contribution in [2.24, 2.45) is 0 Å². The van der Waals surface area contributed by atoms with E-state index in [-0.39, 0.29) is 5.91 Å². The normalized spacial score (nSPS) is 11.2. The van der Waals surface area contributed by atoms with Crippen molar-refractivity contribution in [1.29, 1.82) is 0 Å². The summed E-state index contributed by atoms with van der Waals surface area (Å²) in [6.07, 6.45) is 2.67. The molecule has 0 aliphatic rings. The highest BCUT2D eigenvalue weighted by molar-refractivity contribution is 7.12. The number of pyridine rings is 1. The van der Waals surface area contributed by atoms with Gasteiger partial charge < -0.3 is 20.9 Å². The molecule has 4 rings (SSSR count). The van der Waals surface area contributed by atoms with Gasteiger partial charge in [-0.3, -0.25) is 19.9 Å². The Kier molecular flexibility index (Phi) is 7.22. The topological polar surface area (TPSA) is 112 Å². The van der Waals surface area contributed by atoms with Gasteiger partial charge in [-0.1, -0.05) is 24.3 Å². The first-order valence-electron chi connectivity index (χ1n) is 10.8. The van der Waals surface area contributed by atoms with Crippen LogP contribution >= 0.6 is 11.3 Å². The summed E-state index contributed by atoms with van der Waals surface area (Å²) in [5.74, 6) is 0.0692. The Morgan fingerprint density at radius 3 is 2.63 bits per heavy atom. The third kappa shape index (κ3) is 5.92. The molecular formula is C25H24N6O3S. The molecule has 178 valence electrons. The van der Waals surface area contributed by atoms with Crippen molar-refractivity contribution in [2.45, 2.75) is 6.54 Å². The number of nitro groups is 1. The van der Waals surface area contributed by atoms with Crippen LogP contribution in [0.3, 0.4) is 0 Å². The van der Waals surface area contributed by atoms with Gasteiger partial charge in [0.25, 0.3) is 12.1 Å². The van der Waals surface area contributed by atoms with E-state index in [1.807, 2.05) is 41.8 Å². The molecule has 0 saturated heterocycles. The Morgan fingerprint density at radius 2 is 1.86 bits per heavy atom. The Morgan fingerprint density at radius 1 is 1.09 bits per heavy atom. The van der Waals surface area contributed by atoms with Crippen molar-refractivity contribution in [3.63, 3.8) is 0 Å². The average molecular weight is 489 g/mol. The second-order valence-electron chi connectivity index (χ2n) is 7.86. The number of rotatable bonds is 9. The van der Waals surface area contributed by atoms with Crippen molar-refractivity contribution in [2.75, 3.05) is 30.0 Å². The fourth-order valence-corrected chi connectivity index (χ4v) is 4.26. The minimum atomic E-state index is -0.520. The van der Waals surface area contributed by atoms with Gasteiger partial charge in [0.1, 0.15) is 4.88 Å². The van der Waals surface area contributed by atoms with Gasteiger partial charge in [0.05, 0.1) is 16.1 Å². The fourth-order valence-electron chi connectivity index (χ4n) is 3.49. The van der Waals surface area contributed by atoms with Crippen LogP contribution in [0.2, 0.25) is 0 Å². The van der Waals surface area contributed by atoms with E-state index < -0.39 is 4.92 Å². The highest BCUT2D eigenvalue weighted by Gasteiger charge is 2.15. The van der Waals surface area contributed by atoms with Crippen LogP contribution in [0, 0.1) is 10.1 Å². The first-order chi connectivity index (χ1) is 16.9. The standard InChI is InChI=1S/C25H24N6O3S/c1-30(2)23(16-31(33)34)28-18-6-5-7-19(14-18)29-25(32)24-22(11-13-35-24)27-15-17-10-12-26-21-9-4-3-8-20(17)21/h3-14,16,27-28H,15H2,1-2H3,(H,29,32)/b23-16-. The second kappa shape index (κ2) is 10.7. The van der Waals surface area contributed by atoms with E-state index in [0.717, 1.165) is 28.4 Å². The van der Waals surface area contributed by atoms with Gasteiger partial charge in [0.15, 0.2) is 5.82 Å². The third-order valence-corrected chi connectivity index (χ3v) is 6.10. The quantitative estimate of drug-likeness (QED) is 0.219. The van der Waals surface area contributed by atoms with Crippen LogP contribution < -0.4 is 16.0 Å². The van der Waals surface area contributed by atoms with Gasteiger partial charge in [0, 0.05) is 43.6 Å². The van der Waals surface area contributed by atoms with Crippen LogP contribution in [0.5, 0.6) is 0 Å². The molecule has 0 bridgehead atoms. The van der Waals surface area contributed by atoms with Crippen LogP contribution in [0.4, 0.5) is 17.1 Å². The number of aromatic nitrogens is 1. The number of anilines is 3. The summed E-state index contributed by atoms with van der Waals surface area (Å²) in [4.78, 5) is 29.9. The first-order valence-corrected chi connectivity index (χ1v) is 11.6. The molecule has 0 atom stereocenters. The van der Waals surface area contributed by atoms with Crippen molar-refractivity contribution < 1.29 is 9.72 Å². The van der Waals surface area contributed by atoms with Gasteiger partial charge in [-0.25, -0.2) is 0 Å². The van der Waals surface area contributed by atoms with Crippen molar-refractivity contribution in [1.82, 2.24) is 9.88 Å². The van der Waals surface area contributed by atoms with Gasteiger partial charge >= 0.3 is 0 Å². The summed E-state index contributed by atoms with van der Waals surface area (Å²) < 4.78 is 0. The molecule has 0 spiro atoms. The summed E-state index contributed by atoms with van der Waals surface area (Å²) in [6.45, 7) is 0.551. The lowest BCUT2D eigenvalue weighted by molar-refractivity contribution is -0.404. The number of hydrogen-bond donors (Lipinski definition) is 3. The molecule has 0 fully saturated rings. The molecule has 35 heavy (non-hydrogen) atoms. The summed E-state index contributed by atoms with van der Waals surface area (Å²) in [6, 6.07) is 18.8. The van der Waals surface area contributed by atoms with Crippen molar-refractivity contribution in [3.05, 3.63) is 105 Å². The number of benzene rings is 2. The Labute approximate surface area is 206 Å². The Balaban J connectivity index is 1.46. The molecule has 0 unspecified atom stereocenters. The zero-order valence-corrected chi connectivity index (χ0v) is 20.0. The molecule has 0 saturated carbocycles. The number of carbonyl (C=O) groups excluding carboxylic acids is 1. The number of para-hydroxylation sites is 1. The highest BCUT2D eigenvalue weighted by Crippen LogP contribution is 2.26.